The number of hydrogen-bond donors (Lipinski definition) is 1. The van der Waals surface area contributed by atoms with Crippen LogP contribution in [0.2, 0.25) is 0 Å². The van der Waals surface area contributed by atoms with Gasteiger partial charge in [0.25, 0.3) is 0 Å². The molecule has 0 bridgehead atoms. The van der Waals surface area contributed by atoms with Gasteiger partial charge in [-0.05, 0) is 77.8 Å². The number of pyridine rings is 1. The van der Waals surface area contributed by atoms with Crippen molar-refractivity contribution in [1.29, 1.82) is 0 Å². The van der Waals surface area contributed by atoms with E-state index >= 15 is 0 Å². The van der Waals surface area contributed by atoms with Crippen molar-refractivity contribution in [2.24, 2.45) is 5.41 Å². The van der Waals surface area contributed by atoms with E-state index in [4.69, 9.17) is 4.74 Å². The summed E-state index contributed by atoms with van der Waals surface area (Å²) in [6, 6.07) is 4.02. The van der Waals surface area contributed by atoms with Gasteiger partial charge in [-0.15, -0.1) is 0 Å². The van der Waals surface area contributed by atoms with E-state index in [1.54, 1.807) is 4.90 Å². The van der Waals surface area contributed by atoms with Crippen molar-refractivity contribution < 1.29 is 13.7 Å². The summed E-state index contributed by atoms with van der Waals surface area (Å²) in [4.78, 5) is 18.9. The van der Waals surface area contributed by atoms with Crippen LogP contribution in [0.4, 0.5) is 4.79 Å². The number of carbonyl (C=O) groups is 1. The number of piperidine rings is 1. The first-order valence-electron chi connectivity index (χ1n) is 10.0. The molecule has 0 aromatic carbocycles. The van der Waals surface area contributed by atoms with Crippen LogP contribution in [0.25, 0.3) is 0 Å². The summed E-state index contributed by atoms with van der Waals surface area (Å²) in [6.07, 6.45) is 4.13. The standard InChI is InChI=1S/C21H33N3O3S/c1-19(2,3)27-18(25)24-12-9-21(10-13-24)14-15-8-7-11-22-16(15)17(21)23-28(26)20(4,5)6/h7-8,11,17,23H,9-10,12-14H2,1-6H3/t17-,28?/m1/s1. The number of ether oxygens (including phenoxy) is 1. The van der Waals surface area contributed by atoms with E-state index in [0.29, 0.717) is 13.1 Å². The topological polar surface area (TPSA) is 71.5 Å². The molecule has 2 atom stereocenters. The van der Waals surface area contributed by atoms with Gasteiger partial charge < -0.3 is 9.64 Å². The molecule has 0 saturated carbocycles. The lowest BCUT2D eigenvalue weighted by molar-refractivity contribution is 0.00713. The normalized spacial score (nSPS) is 22.8. The molecule has 0 radical (unpaired) electrons. The summed E-state index contributed by atoms with van der Waals surface area (Å²) in [6.45, 7) is 12.9. The fourth-order valence-corrected chi connectivity index (χ4v) is 4.95. The smallest absolute Gasteiger partial charge is 0.410 e. The van der Waals surface area contributed by atoms with Crippen LogP contribution in [0.1, 0.15) is 71.7 Å². The Morgan fingerprint density at radius 2 is 1.89 bits per heavy atom. The molecule has 1 amide bonds. The van der Waals surface area contributed by atoms with E-state index in [1.165, 1.54) is 5.56 Å². The SMILES string of the molecule is CC(C)(C)OC(=O)N1CCC2(CC1)Cc1cccnc1[C@H]2NS(=O)C(C)(C)C. The molecule has 1 unspecified atom stereocenters. The third kappa shape index (κ3) is 4.40. The predicted molar refractivity (Wildman–Crippen MR) is 111 cm³/mol. The Bertz CT molecular complexity index is 759. The minimum absolute atomic E-state index is 0.0652. The highest BCUT2D eigenvalue weighted by atomic mass is 32.2. The lowest BCUT2D eigenvalue weighted by Gasteiger charge is -2.43. The Kier molecular flexibility index (Phi) is 5.62. The number of nitrogens with one attached hydrogen (secondary N) is 1. The van der Waals surface area contributed by atoms with Crippen LogP contribution in [0.5, 0.6) is 0 Å². The third-order valence-corrected chi connectivity index (χ3v) is 7.11. The summed E-state index contributed by atoms with van der Waals surface area (Å²) in [5.41, 5.74) is 1.66. The minimum Gasteiger partial charge on any atom is -0.444 e. The van der Waals surface area contributed by atoms with Gasteiger partial charge in [-0.3, -0.25) is 4.98 Å². The molecule has 2 heterocycles. The van der Waals surface area contributed by atoms with Crippen molar-refractivity contribution in [1.82, 2.24) is 14.6 Å². The summed E-state index contributed by atoms with van der Waals surface area (Å²) >= 11 is 0. The summed E-state index contributed by atoms with van der Waals surface area (Å²) < 4.78 is 21.5. The van der Waals surface area contributed by atoms with Gasteiger partial charge in [0, 0.05) is 19.3 Å². The quantitative estimate of drug-likeness (QED) is 0.810. The monoisotopic (exact) mass is 407 g/mol. The molecule has 7 heteroatoms. The van der Waals surface area contributed by atoms with Gasteiger partial charge in [-0.25, -0.2) is 13.7 Å². The molecule has 1 aromatic heterocycles. The van der Waals surface area contributed by atoms with Gasteiger partial charge in [-0.2, -0.15) is 0 Å². The number of rotatable bonds is 2. The average molecular weight is 408 g/mol. The van der Waals surface area contributed by atoms with Crippen LogP contribution < -0.4 is 4.72 Å². The molecule has 1 aliphatic carbocycles. The maximum absolute atomic E-state index is 12.9. The number of nitrogens with zero attached hydrogens (tertiary/aromatic N) is 2. The Morgan fingerprint density at radius 3 is 2.46 bits per heavy atom. The highest BCUT2D eigenvalue weighted by molar-refractivity contribution is 7.84. The molecule has 1 saturated heterocycles. The summed E-state index contributed by atoms with van der Waals surface area (Å²) in [5.74, 6) is 0. The minimum atomic E-state index is -1.19. The first-order chi connectivity index (χ1) is 12.9. The molecular weight excluding hydrogens is 374 g/mol. The molecule has 156 valence electrons. The molecular formula is C21H33N3O3S. The van der Waals surface area contributed by atoms with Gasteiger partial charge in [0.05, 0.1) is 27.5 Å². The zero-order valence-electron chi connectivity index (χ0n) is 17.9. The summed E-state index contributed by atoms with van der Waals surface area (Å²) in [5, 5.41) is 0. The van der Waals surface area contributed by atoms with E-state index in [2.05, 4.69) is 15.8 Å². The Hall–Kier alpha value is -1.47. The number of likely N-dealkylation sites (tertiary alicyclic amines) is 1. The maximum atomic E-state index is 12.9. The van der Waals surface area contributed by atoms with Gasteiger partial charge in [0.15, 0.2) is 0 Å². The first kappa shape index (κ1) is 21.2. The van der Waals surface area contributed by atoms with Crippen LogP contribution in [0, 0.1) is 5.41 Å². The summed E-state index contributed by atoms with van der Waals surface area (Å²) in [7, 11) is -1.19. The van der Waals surface area contributed by atoms with Crippen LogP contribution >= 0.6 is 0 Å². The fourth-order valence-electron chi connectivity index (χ4n) is 4.02. The fraction of sp³-hybridized carbons (Fsp3) is 0.714. The van der Waals surface area contributed by atoms with Crippen molar-refractivity contribution in [3.05, 3.63) is 29.6 Å². The van der Waals surface area contributed by atoms with Gasteiger partial charge in [0.2, 0.25) is 0 Å². The van der Waals surface area contributed by atoms with E-state index < -0.39 is 16.6 Å². The van der Waals surface area contributed by atoms with Crippen LogP contribution in [-0.2, 0) is 22.1 Å². The van der Waals surface area contributed by atoms with E-state index in [9.17, 15) is 9.00 Å². The lowest BCUT2D eigenvalue weighted by atomic mass is 9.73. The second kappa shape index (κ2) is 7.41. The van der Waals surface area contributed by atoms with E-state index in [-0.39, 0.29) is 22.3 Å². The molecule has 1 N–H and O–H groups in total. The van der Waals surface area contributed by atoms with Gasteiger partial charge in [-0.1, -0.05) is 6.07 Å². The van der Waals surface area contributed by atoms with Crippen molar-refractivity contribution in [2.75, 3.05) is 13.1 Å². The van der Waals surface area contributed by atoms with Crippen molar-refractivity contribution in [3.63, 3.8) is 0 Å². The second-order valence-corrected chi connectivity index (χ2v) is 12.0. The van der Waals surface area contributed by atoms with Crippen LogP contribution in [0.15, 0.2) is 18.3 Å². The molecule has 2 aliphatic rings. The maximum Gasteiger partial charge on any atom is 0.410 e. The highest BCUT2D eigenvalue weighted by Crippen LogP contribution is 2.51. The first-order valence-corrected chi connectivity index (χ1v) is 11.2. The van der Waals surface area contributed by atoms with Crippen LogP contribution in [0.3, 0.4) is 0 Å². The van der Waals surface area contributed by atoms with E-state index in [0.717, 1.165) is 25.0 Å². The number of hydrogen-bond acceptors (Lipinski definition) is 4. The highest BCUT2D eigenvalue weighted by Gasteiger charge is 2.50. The number of amides is 1. The molecule has 6 nitrogen and oxygen atoms in total. The lowest BCUT2D eigenvalue weighted by Crippen LogP contribution is -2.50. The number of carbonyl (C=O) groups excluding carboxylic acids is 1. The van der Waals surface area contributed by atoms with Crippen molar-refractivity contribution >= 4 is 17.1 Å². The zero-order chi connectivity index (χ0) is 20.7. The third-order valence-electron chi connectivity index (χ3n) is 5.55. The van der Waals surface area contributed by atoms with Gasteiger partial charge >= 0.3 is 6.09 Å². The molecule has 3 rings (SSSR count). The zero-order valence-corrected chi connectivity index (χ0v) is 18.7. The molecule has 28 heavy (non-hydrogen) atoms. The Morgan fingerprint density at radius 1 is 1.25 bits per heavy atom. The average Bonchev–Trinajstić information content (AvgIpc) is 2.86. The largest absolute Gasteiger partial charge is 0.444 e. The molecule has 1 aromatic rings. The Labute approximate surface area is 171 Å². The molecule has 1 aliphatic heterocycles. The van der Waals surface area contributed by atoms with Crippen LogP contribution in [-0.4, -0.2) is 43.6 Å². The molecule has 1 spiro atoms. The van der Waals surface area contributed by atoms with E-state index in [1.807, 2.05) is 53.8 Å². The second-order valence-electron chi connectivity index (χ2n) is 9.99. The number of fused-ring (bicyclic) bond motifs is 1. The number of aromatic nitrogens is 1. The Balaban J connectivity index is 1.79. The predicted octanol–water partition coefficient (Wildman–Crippen LogP) is 3.75. The van der Waals surface area contributed by atoms with Crippen molar-refractivity contribution in [3.8, 4) is 0 Å². The van der Waals surface area contributed by atoms with Crippen molar-refractivity contribution in [2.45, 2.75) is 77.2 Å². The molecule has 1 fully saturated rings. The van der Waals surface area contributed by atoms with Gasteiger partial charge in [0.1, 0.15) is 5.60 Å².